The lowest BCUT2D eigenvalue weighted by molar-refractivity contribution is -0.142. The number of aliphatic carboxylic acids is 1. The number of carboxylic acids is 1. The molecule has 5 atom stereocenters. The number of aromatic nitrogens is 1. The van der Waals surface area contributed by atoms with E-state index < -0.39 is 59.9 Å². The van der Waals surface area contributed by atoms with Crippen LogP contribution in [0.3, 0.4) is 0 Å². The van der Waals surface area contributed by atoms with Crippen molar-refractivity contribution >= 4 is 40.5 Å². The van der Waals surface area contributed by atoms with Crippen LogP contribution >= 0.6 is 0 Å². The number of rotatable bonds is 13. The number of nitrogens with one attached hydrogen (secondary N) is 4. The Kier molecular flexibility index (Phi) is 9.93. The minimum absolute atomic E-state index is 0.0441. The lowest BCUT2D eigenvalue weighted by atomic mass is 10.0. The number of hydrogen-bond donors (Lipinski definition) is 8. The highest BCUT2D eigenvalue weighted by Crippen LogP contribution is 2.19. The number of hydrogen-bond acceptors (Lipinski definition) is 7. The minimum Gasteiger partial charge on any atom is -0.480 e. The molecule has 1 aromatic heterocycles. The van der Waals surface area contributed by atoms with Gasteiger partial charge in [-0.2, -0.15) is 0 Å². The molecule has 196 valence electrons. The molecule has 0 saturated heterocycles. The maximum Gasteiger partial charge on any atom is 0.326 e. The van der Waals surface area contributed by atoms with Gasteiger partial charge in [0.15, 0.2) is 0 Å². The number of carboxylic acid groups (broad SMARTS) is 1. The number of benzene rings is 1. The first-order chi connectivity index (χ1) is 16.9. The molecule has 4 amide bonds. The van der Waals surface area contributed by atoms with Gasteiger partial charge in [0.1, 0.15) is 18.1 Å². The smallest absolute Gasteiger partial charge is 0.326 e. The van der Waals surface area contributed by atoms with E-state index in [1.807, 2.05) is 18.2 Å². The molecule has 10 N–H and O–H groups in total. The van der Waals surface area contributed by atoms with Crippen molar-refractivity contribution in [2.45, 2.75) is 63.4 Å². The molecule has 0 bridgehead atoms. The van der Waals surface area contributed by atoms with Crippen molar-refractivity contribution in [2.75, 3.05) is 0 Å². The van der Waals surface area contributed by atoms with Crippen molar-refractivity contribution in [3.8, 4) is 0 Å². The fourth-order valence-electron chi connectivity index (χ4n) is 3.50. The van der Waals surface area contributed by atoms with Crippen LogP contribution in [-0.2, 0) is 30.4 Å². The maximum atomic E-state index is 13.1. The molecule has 0 aliphatic heterocycles. The number of aliphatic hydroxyl groups is 1. The van der Waals surface area contributed by atoms with Crippen LogP contribution in [0, 0.1) is 0 Å². The number of para-hydroxylation sites is 1. The third-order valence-corrected chi connectivity index (χ3v) is 5.50. The number of carbonyl (C=O) groups is 5. The second-order valence-electron chi connectivity index (χ2n) is 8.54. The van der Waals surface area contributed by atoms with E-state index in [0.717, 1.165) is 10.9 Å². The van der Waals surface area contributed by atoms with Gasteiger partial charge in [0.05, 0.1) is 12.1 Å². The number of H-pyrrole nitrogens is 1. The van der Waals surface area contributed by atoms with Gasteiger partial charge >= 0.3 is 5.97 Å². The van der Waals surface area contributed by atoms with Crippen molar-refractivity contribution in [3.63, 3.8) is 0 Å². The largest absolute Gasteiger partial charge is 0.480 e. The Morgan fingerprint density at radius 2 is 1.61 bits per heavy atom. The number of nitrogens with two attached hydrogens (primary N) is 2. The number of fused-ring (bicyclic) bond motifs is 1. The van der Waals surface area contributed by atoms with Gasteiger partial charge in [-0.25, -0.2) is 4.79 Å². The molecule has 0 radical (unpaired) electrons. The molecule has 1 aromatic carbocycles. The van der Waals surface area contributed by atoms with Crippen LogP contribution in [0.15, 0.2) is 30.5 Å². The Morgan fingerprint density at radius 1 is 0.972 bits per heavy atom. The number of carbonyl (C=O) groups excluding carboxylic acids is 4. The zero-order chi connectivity index (χ0) is 27.0. The van der Waals surface area contributed by atoms with Gasteiger partial charge in [-0.3, -0.25) is 19.2 Å². The van der Waals surface area contributed by atoms with Gasteiger partial charge in [0.2, 0.25) is 23.6 Å². The fraction of sp³-hybridized carbons (Fsp3) is 0.435. The van der Waals surface area contributed by atoms with Crippen molar-refractivity contribution in [2.24, 2.45) is 11.5 Å². The highest BCUT2D eigenvalue weighted by atomic mass is 16.4. The molecular weight excluding hydrogens is 472 g/mol. The summed E-state index contributed by atoms with van der Waals surface area (Å²) in [7, 11) is 0. The van der Waals surface area contributed by atoms with E-state index in [4.69, 9.17) is 11.5 Å². The van der Waals surface area contributed by atoms with Gasteiger partial charge in [0, 0.05) is 29.9 Å². The van der Waals surface area contributed by atoms with E-state index in [0.29, 0.717) is 5.56 Å². The summed E-state index contributed by atoms with van der Waals surface area (Å²) in [5.41, 5.74) is 12.1. The molecule has 0 aliphatic rings. The summed E-state index contributed by atoms with van der Waals surface area (Å²) in [5.74, 6) is -4.51. The van der Waals surface area contributed by atoms with E-state index in [1.54, 1.807) is 12.3 Å². The Bertz CT molecular complexity index is 1110. The number of aromatic amines is 1. The first kappa shape index (κ1) is 28.3. The summed E-state index contributed by atoms with van der Waals surface area (Å²) in [6.45, 7) is 2.68. The van der Waals surface area contributed by atoms with Gasteiger partial charge in [-0.05, 0) is 31.9 Å². The zero-order valence-electron chi connectivity index (χ0n) is 20.0. The van der Waals surface area contributed by atoms with Gasteiger partial charge in [-0.15, -0.1) is 0 Å². The van der Waals surface area contributed by atoms with Crippen LogP contribution in [-0.4, -0.2) is 75.1 Å². The summed E-state index contributed by atoms with van der Waals surface area (Å²) >= 11 is 0. The number of aliphatic hydroxyl groups excluding tert-OH is 1. The van der Waals surface area contributed by atoms with Crippen molar-refractivity contribution in [1.29, 1.82) is 0 Å². The van der Waals surface area contributed by atoms with Crippen LogP contribution in [0.5, 0.6) is 0 Å². The average Bonchev–Trinajstić information content (AvgIpc) is 3.21. The molecule has 13 nitrogen and oxygen atoms in total. The Labute approximate surface area is 207 Å². The Morgan fingerprint density at radius 3 is 2.19 bits per heavy atom. The molecule has 0 aliphatic carbocycles. The SMILES string of the molecule is CC(N)C(=O)NC(C(=O)NC(Cc1c[nH]c2ccccc12)C(=O)NC(CCC(N)=O)C(=O)O)C(C)O. The summed E-state index contributed by atoms with van der Waals surface area (Å²) < 4.78 is 0. The van der Waals surface area contributed by atoms with Crippen LogP contribution < -0.4 is 27.4 Å². The lowest BCUT2D eigenvalue weighted by Crippen LogP contribution is -2.60. The minimum atomic E-state index is -1.43. The zero-order valence-corrected chi connectivity index (χ0v) is 20.0. The normalized spacial score (nSPS) is 15.2. The Balaban J connectivity index is 2.31. The molecule has 0 spiro atoms. The van der Waals surface area contributed by atoms with Crippen LogP contribution in [0.25, 0.3) is 10.9 Å². The summed E-state index contributed by atoms with van der Waals surface area (Å²) in [6, 6.07) is 2.15. The molecule has 2 rings (SSSR count). The maximum absolute atomic E-state index is 13.1. The quantitative estimate of drug-likeness (QED) is 0.155. The van der Waals surface area contributed by atoms with Crippen molar-refractivity contribution in [3.05, 3.63) is 36.0 Å². The van der Waals surface area contributed by atoms with E-state index in [1.165, 1.54) is 13.8 Å². The number of primary amides is 1. The molecular formula is C23H32N6O7. The van der Waals surface area contributed by atoms with E-state index >= 15 is 0 Å². The predicted octanol–water partition coefficient (Wildman–Crippen LogP) is -1.76. The molecule has 1 heterocycles. The monoisotopic (exact) mass is 504 g/mol. The fourth-order valence-corrected chi connectivity index (χ4v) is 3.50. The molecule has 5 unspecified atom stereocenters. The van der Waals surface area contributed by atoms with Crippen molar-refractivity contribution < 1.29 is 34.2 Å². The third-order valence-electron chi connectivity index (χ3n) is 5.50. The Hall–Kier alpha value is -3.97. The first-order valence-corrected chi connectivity index (χ1v) is 11.3. The lowest BCUT2D eigenvalue weighted by Gasteiger charge is -2.26. The van der Waals surface area contributed by atoms with E-state index in [-0.39, 0.29) is 19.3 Å². The first-order valence-electron chi connectivity index (χ1n) is 11.3. The summed E-state index contributed by atoms with van der Waals surface area (Å²) in [4.78, 5) is 63.9. The second kappa shape index (κ2) is 12.7. The predicted molar refractivity (Wildman–Crippen MR) is 129 cm³/mol. The number of amides is 4. The van der Waals surface area contributed by atoms with Gasteiger partial charge in [0.25, 0.3) is 0 Å². The molecule has 0 saturated carbocycles. The van der Waals surface area contributed by atoms with Gasteiger partial charge < -0.3 is 42.6 Å². The van der Waals surface area contributed by atoms with Gasteiger partial charge in [-0.1, -0.05) is 18.2 Å². The van der Waals surface area contributed by atoms with E-state index in [2.05, 4.69) is 20.9 Å². The van der Waals surface area contributed by atoms with Crippen LogP contribution in [0.1, 0.15) is 32.3 Å². The molecule has 2 aromatic rings. The summed E-state index contributed by atoms with van der Waals surface area (Å²) in [5, 5.41) is 27.4. The third kappa shape index (κ3) is 7.78. The summed E-state index contributed by atoms with van der Waals surface area (Å²) in [6.07, 6.45) is -0.234. The molecule has 13 heteroatoms. The molecule has 36 heavy (non-hydrogen) atoms. The molecule has 0 fully saturated rings. The van der Waals surface area contributed by atoms with Crippen LogP contribution in [0.4, 0.5) is 0 Å². The highest BCUT2D eigenvalue weighted by molar-refractivity contribution is 5.95. The second-order valence-corrected chi connectivity index (χ2v) is 8.54. The van der Waals surface area contributed by atoms with E-state index in [9.17, 15) is 34.2 Å². The van der Waals surface area contributed by atoms with Crippen LogP contribution in [0.2, 0.25) is 0 Å². The van der Waals surface area contributed by atoms with Crippen molar-refractivity contribution in [1.82, 2.24) is 20.9 Å². The standard InChI is InChI=1S/C23H32N6O7/c1-11(24)20(32)29-19(12(2)30)22(34)28-17(9-13-10-26-15-6-4-3-5-14(13)15)21(33)27-16(23(35)36)7-8-18(25)31/h3-6,10-12,16-17,19,26,30H,7-9,24H2,1-2H3,(H2,25,31)(H,27,33)(H,28,34)(H,29,32)(H,35,36). The topological polar surface area (TPSA) is 230 Å². The average molecular weight is 505 g/mol. The highest BCUT2D eigenvalue weighted by Gasteiger charge is 2.32.